The summed E-state index contributed by atoms with van der Waals surface area (Å²) in [7, 11) is 0. The van der Waals surface area contributed by atoms with E-state index < -0.39 is 17.6 Å². The second kappa shape index (κ2) is 3.79. The van der Waals surface area contributed by atoms with E-state index in [2.05, 4.69) is 14.9 Å². The van der Waals surface area contributed by atoms with Crippen LogP contribution in [-0.2, 0) is 15.7 Å². The van der Waals surface area contributed by atoms with Crippen LogP contribution in [0.3, 0.4) is 0 Å². The molecular weight excluding hydrogens is 225 g/mol. The van der Waals surface area contributed by atoms with Crippen LogP contribution < -0.4 is 0 Å². The summed E-state index contributed by atoms with van der Waals surface area (Å²) in [5.41, 5.74) is -1.04. The van der Waals surface area contributed by atoms with Crippen LogP contribution in [0.1, 0.15) is 5.69 Å². The van der Waals surface area contributed by atoms with Crippen LogP contribution in [-0.4, -0.2) is 15.9 Å². The van der Waals surface area contributed by atoms with Gasteiger partial charge in [0.15, 0.2) is 0 Å². The first-order valence-corrected chi connectivity index (χ1v) is 3.55. The van der Waals surface area contributed by atoms with Crippen LogP contribution in [0, 0.1) is 0 Å². The van der Waals surface area contributed by atoms with Crippen molar-refractivity contribution in [3.05, 3.63) is 23.2 Å². The van der Waals surface area contributed by atoms with Crippen molar-refractivity contribution in [1.29, 1.82) is 0 Å². The minimum absolute atomic E-state index is 0.127. The van der Waals surface area contributed by atoms with E-state index in [4.69, 9.17) is 11.6 Å². The monoisotopic (exact) mass is 226 g/mol. The fraction of sp³-hybridized carbons (Fsp3) is 0.167. The Morgan fingerprint density at radius 2 is 2.07 bits per heavy atom. The topological polar surface area (TPSA) is 52.1 Å². The lowest BCUT2D eigenvalue weighted by molar-refractivity contribution is -0.213. The molecule has 1 rings (SSSR count). The molecule has 0 fully saturated rings. The summed E-state index contributed by atoms with van der Waals surface area (Å²) in [6, 6.07) is 0. The van der Waals surface area contributed by atoms with Crippen molar-refractivity contribution in [2.24, 2.45) is 0 Å². The quantitative estimate of drug-likeness (QED) is 0.769. The maximum atomic E-state index is 12.8. The van der Waals surface area contributed by atoms with Gasteiger partial charge in [-0.15, -0.1) is 0 Å². The first-order chi connectivity index (χ1) is 6.48. The van der Waals surface area contributed by atoms with Crippen molar-refractivity contribution in [1.82, 2.24) is 9.97 Å². The van der Waals surface area contributed by atoms with Crippen LogP contribution in [0.2, 0.25) is 5.15 Å². The van der Waals surface area contributed by atoms with Crippen molar-refractivity contribution in [2.75, 3.05) is 0 Å². The third-order valence-corrected chi connectivity index (χ3v) is 1.46. The molecule has 0 aliphatic heterocycles. The molecule has 0 saturated carbocycles. The van der Waals surface area contributed by atoms with E-state index in [1.165, 1.54) is 0 Å². The Hall–Kier alpha value is -1.37. The minimum Gasteiger partial charge on any atom is -0.249 e. The number of nitrogens with zero attached hydrogens (tertiary/aromatic N) is 2. The van der Waals surface area contributed by atoms with Gasteiger partial charge >= 0.3 is 11.9 Å². The van der Waals surface area contributed by atoms with Gasteiger partial charge in [0.25, 0.3) is 0 Å². The fourth-order valence-electron chi connectivity index (χ4n) is 0.627. The van der Waals surface area contributed by atoms with Crippen LogP contribution in [0.15, 0.2) is 12.4 Å². The summed E-state index contributed by atoms with van der Waals surface area (Å²) in [5, 5.41) is -0.127. The van der Waals surface area contributed by atoms with Gasteiger partial charge < -0.3 is 0 Å². The highest BCUT2D eigenvalue weighted by Gasteiger charge is 2.45. The number of carbonyl (C=O) groups is 1. The number of rotatable bonds is 2. The first kappa shape index (κ1) is 10.7. The van der Waals surface area contributed by atoms with Gasteiger partial charge in [0.1, 0.15) is 10.8 Å². The summed E-state index contributed by atoms with van der Waals surface area (Å²) in [6.07, 6.45) is 1.36. The SMILES string of the molecule is O=C(OF)C(F)(F)c1cnc(Cl)cn1. The number of carbonyl (C=O) groups excluding carboxylic acids is 1. The van der Waals surface area contributed by atoms with E-state index in [1.54, 1.807) is 0 Å². The second-order valence-electron chi connectivity index (χ2n) is 2.16. The zero-order valence-electron chi connectivity index (χ0n) is 6.38. The molecule has 0 aromatic carbocycles. The van der Waals surface area contributed by atoms with Gasteiger partial charge in [0.05, 0.1) is 12.4 Å². The normalized spacial score (nSPS) is 11.1. The van der Waals surface area contributed by atoms with Crippen molar-refractivity contribution in [3.8, 4) is 0 Å². The Morgan fingerprint density at radius 1 is 1.43 bits per heavy atom. The molecule has 0 unspecified atom stereocenters. The molecule has 1 heterocycles. The van der Waals surface area contributed by atoms with Gasteiger partial charge in [-0.05, 0) is 0 Å². The summed E-state index contributed by atoms with van der Waals surface area (Å²) < 4.78 is 36.9. The standard InChI is InChI=1S/C6H2ClF3N2O2/c7-4-2-11-3(1-12-4)6(8,9)5(13)14-10/h1-2H. The van der Waals surface area contributed by atoms with Crippen molar-refractivity contribution >= 4 is 17.6 Å². The lowest BCUT2D eigenvalue weighted by Crippen LogP contribution is -2.27. The van der Waals surface area contributed by atoms with Gasteiger partial charge in [-0.3, -0.25) is 0 Å². The van der Waals surface area contributed by atoms with E-state index in [1.807, 2.05) is 0 Å². The molecule has 0 radical (unpaired) electrons. The van der Waals surface area contributed by atoms with Crippen LogP contribution in [0.5, 0.6) is 0 Å². The van der Waals surface area contributed by atoms with Crippen LogP contribution in [0.25, 0.3) is 0 Å². The highest BCUT2D eigenvalue weighted by atomic mass is 35.5. The van der Waals surface area contributed by atoms with E-state index in [0.717, 1.165) is 6.20 Å². The zero-order valence-corrected chi connectivity index (χ0v) is 7.13. The average Bonchev–Trinajstić information content (AvgIpc) is 2.17. The van der Waals surface area contributed by atoms with Crippen molar-refractivity contribution in [2.45, 2.75) is 5.92 Å². The smallest absolute Gasteiger partial charge is 0.249 e. The molecule has 0 amide bonds. The summed E-state index contributed by atoms with van der Waals surface area (Å²) in [4.78, 5) is 19.0. The van der Waals surface area contributed by atoms with Crippen LogP contribution >= 0.6 is 11.6 Å². The largest absolute Gasteiger partial charge is 0.424 e. The third-order valence-electron chi connectivity index (χ3n) is 1.27. The number of aromatic nitrogens is 2. The van der Waals surface area contributed by atoms with Crippen molar-refractivity contribution in [3.63, 3.8) is 0 Å². The molecule has 0 atom stereocenters. The molecule has 1 aromatic rings. The Labute approximate surface area is 80.6 Å². The number of alkyl halides is 2. The number of hydrogen-bond donors (Lipinski definition) is 0. The van der Waals surface area contributed by atoms with Gasteiger partial charge in [0, 0.05) is 4.53 Å². The maximum Gasteiger partial charge on any atom is 0.424 e. The van der Waals surface area contributed by atoms with E-state index in [9.17, 15) is 18.1 Å². The molecular formula is C6H2ClF3N2O2. The Kier molecular flexibility index (Phi) is 2.90. The van der Waals surface area contributed by atoms with E-state index in [0.29, 0.717) is 6.20 Å². The molecule has 0 spiro atoms. The molecule has 4 nitrogen and oxygen atoms in total. The molecule has 0 saturated heterocycles. The Balaban J connectivity index is 3.03. The molecule has 0 aliphatic carbocycles. The lowest BCUT2D eigenvalue weighted by Gasteiger charge is -2.09. The highest BCUT2D eigenvalue weighted by molar-refractivity contribution is 6.29. The minimum atomic E-state index is -4.17. The molecule has 0 bridgehead atoms. The van der Waals surface area contributed by atoms with Crippen molar-refractivity contribution < 1.29 is 23.0 Å². The molecule has 8 heteroatoms. The molecule has 76 valence electrons. The predicted molar refractivity (Wildman–Crippen MR) is 38.1 cm³/mol. The predicted octanol–water partition coefficient (Wildman–Crippen LogP) is 1.65. The molecule has 14 heavy (non-hydrogen) atoms. The molecule has 1 aromatic heterocycles. The maximum absolute atomic E-state index is 12.8. The van der Waals surface area contributed by atoms with E-state index in [-0.39, 0.29) is 5.15 Å². The highest BCUT2D eigenvalue weighted by Crippen LogP contribution is 2.27. The summed E-state index contributed by atoms with van der Waals surface area (Å²) in [5.74, 6) is -6.53. The van der Waals surface area contributed by atoms with Gasteiger partial charge in [-0.1, -0.05) is 11.6 Å². The zero-order chi connectivity index (χ0) is 10.8. The number of halogens is 4. The van der Waals surface area contributed by atoms with E-state index >= 15 is 0 Å². The average molecular weight is 227 g/mol. The summed E-state index contributed by atoms with van der Waals surface area (Å²) >= 11 is 5.27. The van der Waals surface area contributed by atoms with Gasteiger partial charge in [0.2, 0.25) is 0 Å². The fourth-order valence-corrected chi connectivity index (χ4v) is 0.725. The second-order valence-corrected chi connectivity index (χ2v) is 2.55. The number of hydrogen-bond acceptors (Lipinski definition) is 4. The first-order valence-electron chi connectivity index (χ1n) is 3.17. The molecule has 0 aliphatic rings. The summed E-state index contributed by atoms with van der Waals surface area (Å²) in [6.45, 7) is 0. The Morgan fingerprint density at radius 3 is 2.50 bits per heavy atom. The van der Waals surface area contributed by atoms with Crippen LogP contribution in [0.4, 0.5) is 13.3 Å². The lowest BCUT2D eigenvalue weighted by atomic mass is 10.2. The molecule has 0 N–H and O–H groups in total. The van der Waals surface area contributed by atoms with Gasteiger partial charge in [-0.25, -0.2) is 19.7 Å². The van der Waals surface area contributed by atoms with Gasteiger partial charge in [-0.2, -0.15) is 8.78 Å². The third kappa shape index (κ3) is 1.92. The Bertz CT molecular complexity index is 343.